The summed E-state index contributed by atoms with van der Waals surface area (Å²) in [5.41, 5.74) is 10.7. The van der Waals surface area contributed by atoms with Crippen LogP contribution in [0.15, 0.2) is 97.1 Å². The second-order valence-corrected chi connectivity index (χ2v) is 9.40. The van der Waals surface area contributed by atoms with E-state index in [-0.39, 0.29) is 5.41 Å². The van der Waals surface area contributed by atoms with Gasteiger partial charge in [0.15, 0.2) is 5.82 Å². The van der Waals surface area contributed by atoms with Crippen LogP contribution in [0.2, 0.25) is 0 Å². The third-order valence-electron chi connectivity index (χ3n) is 6.93. The van der Waals surface area contributed by atoms with Crippen molar-refractivity contribution in [3.05, 3.63) is 114 Å². The first-order chi connectivity index (χ1) is 16.1. The van der Waals surface area contributed by atoms with Crippen LogP contribution in [0.5, 0.6) is 0 Å². The Morgan fingerprint density at radius 2 is 1.39 bits per heavy atom. The smallest absolute Gasteiger partial charge is 0.160 e. The average Bonchev–Trinajstić information content (AvgIpc) is 3.11. The Labute approximate surface area is 195 Å². The number of benzene rings is 3. The lowest BCUT2D eigenvalue weighted by atomic mass is 9.82. The third kappa shape index (κ3) is 3.34. The van der Waals surface area contributed by atoms with E-state index in [1.54, 1.807) is 0 Å². The molecule has 0 N–H and O–H groups in total. The summed E-state index contributed by atoms with van der Waals surface area (Å²) in [5, 5.41) is 0. The first-order valence-corrected chi connectivity index (χ1v) is 11.7. The van der Waals surface area contributed by atoms with Crippen LogP contribution in [0.4, 0.5) is 0 Å². The van der Waals surface area contributed by atoms with E-state index in [2.05, 4.69) is 105 Å². The number of hydrogen-bond donors (Lipinski definition) is 0. The molecule has 0 fully saturated rings. The molecule has 1 aromatic heterocycles. The van der Waals surface area contributed by atoms with Gasteiger partial charge in [-0.15, -0.1) is 0 Å². The summed E-state index contributed by atoms with van der Waals surface area (Å²) in [5.74, 6) is 0.797. The molecule has 2 nitrogen and oxygen atoms in total. The van der Waals surface area contributed by atoms with Crippen molar-refractivity contribution in [3.63, 3.8) is 0 Å². The minimum Gasteiger partial charge on any atom is -0.228 e. The minimum atomic E-state index is -0.0330. The van der Waals surface area contributed by atoms with Crippen LogP contribution in [0.1, 0.15) is 43.6 Å². The second kappa shape index (κ2) is 7.67. The van der Waals surface area contributed by atoms with Crippen molar-refractivity contribution in [2.75, 3.05) is 0 Å². The lowest BCUT2D eigenvalue weighted by Crippen LogP contribution is -2.15. The zero-order valence-corrected chi connectivity index (χ0v) is 19.0. The van der Waals surface area contributed by atoms with Crippen molar-refractivity contribution in [1.82, 2.24) is 9.97 Å². The summed E-state index contributed by atoms with van der Waals surface area (Å²) in [4.78, 5) is 10.0. The summed E-state index contributed by atoms with van der Waals surface area (Å²) in [7, 11) is 0. The van der Waals surface area contributed by atoms with Gasteiger partial charge in [0.1, 0.15) is 0 Å². The van der Waals surface area contributed by atoms with Gasteiger partial charge >= 0.3 is 0 Å². The standard InChI is InChI=1S/C31H26N2/c1-31(2)26-16-10-9-15-24(26)25-18-17-23(19-27(25)31)29-20-28(21-11-5-3-6-12-21)32-30(33-29)22-13-7-4-8-14-22/h3,5-7,9-20H,4,8H2,1-2H3. The maximum absolute atomic E-state index is 5.04. The second-order valence-electron chi connectivity index (χ2n) is 9.40. The van der Waals surface area contributed by atoms with Crippen molar-refractivity contribution in [3.8, 4) is 33.6 Å². The van der Waals surface area contributed by atoms with E-state index in [0.717, 1.165) is 46.8 Å². The number of nitrogens with zero attached hydrogens (tertiary/aromatic N) is 2. The van der Waals surface area contributed by atoms with E-state index in [4.69, 9.17) is 9.97 Å². The summed E-state index contributed by atoms with van der Waals surface area (Å²) in [6, 6.07) is 28.1. The molecular weight excluding hydrogens is 400 g/mol. The molecule has 0 aliphatic heterocycles. The third-order valence-corrected chi connectivity index (χ3v) is 6.93. The molecule has 160 valence electrons. The average molecular weight is 427 g/mol. The van der Waals surface area contributed by atoms with Gasteiger partial charge in [-0.05, 0) is 47.2 Å². The molecule has 33 heavy (non-hydrogen) atoms. The van der Waals surface area contributed by atoms with E-state index >= 15 is 0 Å². The quantitative estimate of drug-likeness (QED) is 0.333. The monoisotopic (exact) mass is 426 g/mol. The Morgan fingerprint density at radius 3 is 2.18 bits per heavy atom. The Kier molecular flexibility index (Phi) is 4.62. The van der Waals surface area contributed by atoms with Crippen molar-refractivity contribution >= 4 is 5.57 Å². The van der Waals surface area contributed by atoms with E-state index in [1.165, 1.54) is 22.3 Å². The first-order valence-electron chi connectivity index (χ1n) is 11.7. The van der Waals surface area contributed by atoms with Gasteiger partial charge in [0.2, 0.25) is 0 Å². The maximum Gasteiger partial charge on any atom is 0.160 e. The van der Waals surface area contributed by atoms with Gasteiger partial charge in [0.25, 0.3) is 0 Å². The maximum atomic E-state index is 5.04. The summed E-state index contributed by atoms with van der Waals surface area (Å²) < 4.78 is 0. The SMILES string of the molecule is CC1(C)c2ccccc2-c2ccc(-c3cc(-c4ccccc4)nc(C4=CCCC=C4)n3)cc21. The molecule has 0 atom stereocenters. The lowest BCUT2D eigenvalue weighted by Gasteiger charge is -2.22. The zero-order chi connectivity index (χ0) is 22.4. The first kappa shape index (κ1) is 19.9. The van der Waals surface area contributed by atoms with Crippen LogP contribution in [0.3, 0.4) is 0 Å². The van der Waals surface area contributed by atoms with Gasteiger partial charge < -0.3 is 0 Å². The van der Waals surface area contributed by atoms with Crippen molar-refractivity contribution in [1.29, 1.82) is 0 Å². The van der Waals surface area contributed by atoms with Gasteiger partial charge in [-0.1, -0.05) is 98.8 Å². The number of rotatable bonds is 3. The molecule has 3 aromatic carbocycles. The fourth-order valence-electron chi connectivity index (χ4n) is 5.12. The van der Waals surface area contributed by atoms with Crippen molar-refractivity contribution < 1.29 is 0 Å². The van der Waals surface area contributed by atoms with Crippen LogP contribution in [-0.4, -0.2) is 9.97 Å². The summed E-state index contributed by atoms with van der Waals surface area (Å²) in [6.07, 6.45) is 8.72. The van der Waals surface area contributed by atoms with Crippen LogP contribution < -0.4 is 0 Å². The van der Waals surface area contributed by atoms with Gasteiger partial charge in [-0.2, -0.15) is 0 Å². The zero-order valence-electron chi connectivity index (χ0n) is 19.0. The van der Waals surface area contributed by atoms with Gasteiger partial charge in [-0.3, -0.25) is 0 Å². The van der Waals surface area contributed by atoms with Crippen LogP contribution in [-0.2, 0) is 5.41 Å². The van der Waals surface area contributed by atoms with Gasteiger partial charge in [-0.25, -0.2) is 9.97 Å². The van der Waals surface area contributed by atoms with Crippen LogP contribution in [0.25, 0.3) is 39.2 Å². The number of aromatic nitrogens is 2. The molecular formula is C31H26N2. The van der Waals surface area contributed by atoms with Crippen molar-refractivity contribution in [2.45, 2.75) is 32.1 Å². The fourth-order valence-corrected chi connectivity index (χ4v) is 5.12. The molecule has 2 aliphatic carbocycles. The highest BCUT2D eigenvalue weighted by molar-refractivity contribution is 5.84. The molecule has 2 heteroatoms. The normalized spacial score (nSPS) is 15.6. The lowest BCUT2D eigenvalue weighted by molar-refractivity contribution is 0.660. The highest BCUT2D eigenvalue weighted by atomic mass is 14.9. The molecule has 0 radical (unpaired) electrons. The van der Waals surface area contributed by atoms with Crippen molar-refractivity contribution in [2.24, 2.45) is 0 Å². The predicted molar refractivity (Wildman–Crippen MR) is 137 cm³/mol. The van der Waals surface area contributed by atoms with Gasteiger partial charge in [0, 0.05) is 22.1 Å². The largest absolute Gasteiger partial charge is 0.228 e. The summed E-state index contributed by atoms with van der Waals surface area (Å²) >= 11 is 0. The van der Waals surface area contributed by atoms with E-state index in [0.29, 0.717) is 0 Å². The predicted octanol–water partition coefficient (Wildman–Crippen LogP) is 7.85. The molecule has 1 heterocycles. The van der Waals surface area contributed by atoms with E-state index in [1.807, 2.05) is 6.07 Å². The highest BCUT2D eigenvalue weighted by Crippen LogP contribution is 2.49. The molecule has 4 aromatic rings. The number of hydrogen-bond acceptors (Lipinski definition) is 2. The topological polar surface area (TPSA) is 25.8 Å². The van der Waals surface area contributed by atoms with E-state index < -0.39 is 0 Å². The van der Waals surface area contributed by atoms with Crippen LogP contribution in [0, 0.1) is 0 Å². The van der Waals surface area contributed by atoms with Gasteiger partial charge in [0.05, 0.1) is 11.4 Å². The highest BCUT2D eigenvalue weighted by Gasteiger charge is 2.35. The molecule has 0 saturated carbocycles. The molecule has 2 aliphatic rings. The molecule has 0 spiro atoms. The number of allylic oxidation sites excluding steroid dienone is 4. The molecule has 0 bridgehead atoms. The van der Waals surface area contributed by atoms with E-state index in [9.17, 15) is 0 Å². The number of fused-ring (bicyclic) bond motifs is 3. The Bertz CT molecular complexity index is 1420. The summed E-state index contributed by atoms with van der Waals surface area (Å²) in [6.45, 7) is 4.64. The fraction of sp³-hybridized carbons (Fsp3) is 0.161. The Morgan fingerprint density at radius 1 is 0.667 bits per heavy atom. The Balaban J connectivity index is 1.52. The Hall–Kier alpha value is -3.78. The molecule has 6 rings (SSSR count). The molecule has 0 saturated heterocycles. The molecule has 0 unspecified atom stereocenters. The van der Waals surface area contributed by atoms with Crippen LogP contribution >= 0.6 is 0 Å². The molecule has 0 amide bonds. The minimum absolute atomic E-state index is 0.0330.